The van der Waals surface area contributed by atoms with Crippen molar-refractivity contribution in [2.45, 2.75) is 13.1 Å². The normalized spacial score (nSPS) is 19.8. The highest BCUT2D eigenvalue weighted by atomic mass is 35.5. The molecule has 0 radical (unpaired) electrons. The van der Waals surface area contributed by atoms with E-state index in [0.29, 0.717) is 15.9 Å². The molecule has 0 aromatic heterocycles. The van der Waals surface area contributed by atoms with Crippen molar-refractivity contribution >= 4 is 40.2 Å². The van der Waals surface area contributed by atoms with Gasteiger partial charge in [-0.3, -0.25) is 10.3 Å². The second kappa shape index (κ2) is 6.51. The third-order valence-electron chi connectivity index (χ3n) is 3.28. The summed E-state index contributed by atoms with van der Waals surface area (Å²) in [6.45, 7) is 1.88. The van der Waals surface area contributed by atoms with Gasteiger partial charge in [0.1, 0.15) is 6.17 Å². The molecule has 23 heavy (non-hydrogen) atoms. The third-order valence-corrected chi connectivity index (χ3v) is 4.37. The minimum atomic E-state index is -0.690. The number of thioether (sulfide) groups is 1. The number of rotatable bonds is 4. The number of fused-ring (bicyclic) bond motifs is 1. The quantitative estimate of drug-likeness (QED) is 0.375. The number of amidine groups is 1. The molecule has 2 aliphatic rings. The van der Waals surface area contributed by atoms with Crippen molar-refractivity contribution in [1.29, 1.82) is 0 Å². The Balaban J connectivity index is 1.90. The molecular weight excluding hydrogens is 340 g/mol. The van der Waals surface area contributed by atoms with E-state index in [2.05, 4.69) is 15.7 Å². The molecule has 0 bridgehead atoms. The first-order chi connectivity index (χ1) is 11.2. The Hall–Kier alpha value is -2.19. The number of oxime groups is 1. The molecule has 9 heteroatoms. The van der Waals surface area contributed by atoms with E-state index < -0.39 is 5.97 Å². The molecule has 0 fully saturated rings. The topological polar surface area (TPSA) is 86.5 Å². The third kappa shape index (κ3) is 2.87. The van der Waals surface area contributed by atoms with Crippen LogP contribution >= 0.6 is 23.4 Å². The molecule has 0 spiro atoms. The molecule has 2 heterocycles. The zero-order chi connectivity index (χ0) is 16.4. The van der Waals surface area contributed by atoms with Crippen molar-refractivity contribution in [1.82, 2.24) is 10.3 Å². The SMILES string of the molecule is CCOC(=O)/C(=N\O)C1=CSC2=NNC(c3ccc(Cl)cc3)N12. The summed E-state index contributed by atoms with van der Waals surface area (Å²) >= 11 is 7.24. The van der Waals surface area contributed by atoms with E-state index in [9.17, 15) is 10.0 Å². The van der Waals surface area contributed by atoms with Gasteiger partial charge in [0.25, 0.3) is 0 Å². The van der Waals surface area contributed by atoms with Gasteiger partial charge >= 0.3 is 5.97 Å². The Kier molecular flexibility index (Phi) is 4.44. The average molecular weight is 353 g/mol. The number of nitrogens with one attached hydrogen (secondary N) is 1. The summed E-state index contributed by atoms with van der Waals surface area (Å²) in [5, 5.41) is 19.6. The van der Waals surface area contributed by atoms with E-state index in [1.54, 1.807) is 29.4 Å². The van der Waals surface area contributed by atoms with Crippen LogP contribution in [-0.4, -0.2) is 33.6 Å². The molecule has 1 unspecified atom stereocenters. The van der Waals surface area contributed by atoms with E-state index in [0.717, 1.165) is 5.56 Å². The highest BCUT2D eigenvalue weighted by Crippen LogP contribution is 2.38. The molecule has 2 N–H and O–H groups in total. The van der Waals surface area contributed by atoms with Gasteiger partial charge in [-0.2, -0.15) is 5.10 Å². The summed E-state index contributed by atoms with van der Waals surface area (Å²) in [7, 11) is 0. The van der Waals surface area contributed by atoms with Crippen molar-refractivity contribution in [3.05, 3.63) is 46.0 Å². The fraction of sp³-hybridized carbons (Fsp3) is 0.214. The summed E-state index contributed by atoms with van der Waals surface area (Å²) < 4.78 is 4.93. The van der Waals surface area contributed by atoms with E-state index in [-0.39, 0.29) is 18.5 Å². The van der Waals surface area contributed by atoms with Crippen LogP contribution in [0.4, 0.5) is 0 Å². The number of benzene rings is 1. The number of hydrogen-bond donors (Lipinski definition) is 2. The second-order valence-corrected chi connectivity index (χ2v) is 5.91. The van der Waals surface area contributed by atoms with Gasteiger partial charge < -0.3 is 9.94 Å². The molecule has 1 aromatic rings. The molecule has 0 saturated heterocycles. The van der Waals surface area contributed by atoms with Gasteiger partial charge in [-0.15, -0.1) is 0 Å². The molecule has 3 rings (SSSR count). The summed E-state index contributed by atoms with van der Waals surface area (Å²) in [5.74, 6) is -0.690. The van der Waals surface area contributed by atoms with Crippen LogP contribution in [0.1, 0.15) is 18.7 Å². The molecule has 120 valence electrons. The van der Waals surface area contributed by atoms with E-state index in [4.69, 9.17) is 16.3 Å². The van der Waals surface area contributed by atoms with Crippen LogP contribution in [-0.2, 0) is 9.53 Å². The largest absolute Gasteiger partial charge is 0.461 e. The number of hydrazone groups is 1. The van der Waals surface area contributed by atoms with E-state index in [1.165, 1.54) is 11.8 Å². The standard InChI is InChI=1S/C14H13ClN4O3S/c1-2-22-13(20)11(18-21)10-7-23-14-17-16-12(19(10)14)8-3-5-9(15)6-4-8/h3-7,12,16,21H,2H2,1H3/b18-11-. The predicted molar refractivity (Wildman–Crippen MR) is 88.1 cm³/mol. The van der Waals surface area contributed by atoms with Crippen molar-refractivity contribution < 1.29 is 14.7 Å². The Bertz CT molecular complexity index is 717. The van der Waals surface area contributed by atoms with E-state index >= 15 is 0 Å². The smallest absolute Gasteiger partial charge is 0.362 e. The highest BCUT2D eigenvalue weighted by molar-refractivity contribution is 8.16. The lowest BCUT2D eigenvalue weighted by atomic mass is 10.1. The molecule has 1 aromatic carbocycles. The number of ether oxygens (including phenoxy) is 1. The zero-order valence-electron chi connectivity index (χ0n) is 12.1. The molecule has 0 amide bonds. The fourth-order valence-electron chi connectivity index (χ4n) is 2.26. The number of esters is 1. The van der Waals surface area contributed by atoms with Gasteiger partial charge in [0.2, 0.25) is 5.71 Å². The van der Waals surface area contributed by atoms with Crippen molar-refractivity contribution in [2.75, 3.05) is 6.61 Å². The number of hydrogen-bond acceptors (Lipinski definition) is 8. The van der Waals surface area contributed by atoms with Crippen molar-refractivity contribution in [2.24, 2.45) is 10.3 Å². The van der Waals surface area contributed by atoms with E-state index in [1.807, 2.05) is 12.1 Å². The van der Waals surface area contributed by atoms with Crippen molar-refractivity contribution in [3.8, 4) is 0 Å². The van der Waals surface area contributed by atoms with Gasteiger partial charge in [-0.25, -0.2) is 4.79 Å². The Labute approximate surface area is 141 Å². The molecule has 7 nitrogen and oxygen atoms in total. The maximum atomic E-state index is 12.0. The molecule has 0 saturated carbocycles. The minimum absolute atomic E-state index is 0.160. The zero-order valence-corrected chi connectivity index (χ0v) is 13.6. The number of halogens is 1. The highest BCUT2D eigenvalue weighted by Gasteiger charge is 2.40. The molecular formula is C14H13ClN4O3S. The molecule has 2 aliphatic heterocycles. The Morgan fingerprint density at radius 3 is 2.91 bits per heavy atom. The first-order valence-corrected chi connectivity index (χ1v) is 8.05. The van der Waals surface area contributed by atoms with Crippen LogP contribution in [0.25, 0.3) is 0 Å². The van der Waals surface area contributed by atoms with Crippen LogP contribution in [0.15, 0.2) is 45.6 Å². The number of nitrogens with zero attached hydrogens (tertiary/aromatic N) is 3. The fourth-order valence-corrected chi connectivity index (χ4v) is 3.25. The van der Waals surface area contributed by atoms with Gasteiger partial charge in [-0.05, 0) is 24.6 Å². The second-order valence-electron chi connectivity index (χ2n) is 4.64. The number of carbonyl (C=O) groups is 1. The molecule has 0 aliphatic carbocycles. The first-order valence-electron chi connectivity index (χ1n) is 6.80. The number of carbonyl (C=O) groups excluding carboxylic acids is 1. The van der Waals surface area contributed by atoms with Gasteiger partial charge in [0.15, 0.2) is 5.17 Å². The van der Waals surface area contributed by atoms with Gasteiger partial charge in [0.05, 0.1) is 12.3 Å². The lowest BCUT2D eigenvalue weighted by molar-refractivity contribution is -0.135. The summed E-state index contributed by atoms with van der Waals surface area (Å²) in [6.07, 6.45) is -0.324. The predicted octanol–water partition coefficient (Wildman–Crippen LogP) is 2.50. The minimum Gasteiger partial charge on any atom is -0.461 e. The summed E-state index contributed by atoms with van der Waals surface area (Å²) in [6, 6.07) is 7.27. The van der Waals surface area contributed by atoms with Crippen LogP contribution in [0, 0.1) is 0 Å². The Morgan fingerprint density at radius 2 is 2.26 bits per heavy atom. The van der Waals surface area contributed by atoms with Crippen molar-refractivity contribution in [3.63, 3.8) is 0 Å². The first kappa shape index (κ1) is 15.7. The molecule has 1 atom stereocenters. The van der Waals surface area contributed by atoms with Crippen LogP contribution in [0.3, 0.4) is 0 Å². The Morgan fingerprint density at radius 1 is 1.52 bits per heavy atom. The van der Waals surface area contributed by atoms with Crippen LogP contribution in [0.5, 0.6) is 0 Å². The summed E-state index contributed by atoms with van der Waals surface area (Å²) in [4.78, 5) is 13.7. The summed E-state index contributed by atoms with van der Waals surface area (Å²) in [5.41, 5.74) is 4.17. The maximum absolute atomic E-state index is 12.0. The lowest BCUT2D eigenvalue weighted by Gasteiger charge is -2.25. The maximum Gasteiger partial charge on any atom is 0.362 e. The van der Waals surface area contributed by atoms with Crippen LogP contribution < -0.4 is 5.43 Å². The van der Waals surface area contributed by atoms with Crippen LogP contribution in [0.2, 0.25) is 5.02 Å². The average Bonchev–Trinajstić information content (AvgIpc) is 3.12. The lowest BCUT2D eigenvalue weighted by Crippen LogP contribution is -2.35. The van der Waals surface area contributed by atoms with Gasteiger partial charge in [-0.1, -0.05) is 40.7 Å². The van der Waals surface area contributed by atoms with Gasteiger partial charge in [0, 0.05) is 10.4 Å². The monoisotopic (exact) mass is 352 g/mol.